The predicted molar refractivity (Wildman–Crippen MR) is 64.0 cm³/mol. The zero-order valence-electron chi connectivity index (χ0n) is 9.04. The van der Waals surface area contributed by atoms with Crippen LogP contribution >= 0.6 is 23.4 Å². The summed E-state index contributed by atoms with van der Waals surface area (Å²) in [5.74, 6) is -0.697. The second kappa shape index (κ2) is 5.13. The third kappa shape index (κ3) is 2.58. The number of halogens is 1. The summed E-state index contributed by atoms with van der Waals surface area (Å²) in [6.07, 6.45) is 0. The number of hydrogen-bond acceptors (Lipinski definition) is 5. The molecule has 0 aromatic heterocycles. The molecule has 0 amide bonds. The minimum Gasteiger partial charge on any atom is -0.544 e. The number of carboxylic acid groups (broad SMARTS) is 1. The molecule has 2 N–H and O–H groups in total. The predicted octanol–water partition coefficient (Wildman–Crippen LogP) is -0.325. The first kappa shape index (κ1) is 13.1. The van der Waals surface area contributed by atoms with Crippen molar-refractivity contribution >= 4 is 35.0 Å². The van der Waals surface area contributed by atoms with Crippen molar-refractivity contribution in [3.05, 3.63) is 38.9 Å². The van der Waals surface area contributed by atoms with Gasteiger partial charge in [-0.3, -0.25) is 10.1 Å². The van der Waals surface area contributed by atoms with Gasteiger partial charge in [0.15, 0.2) is 5.37 Å². The summed E-state index contributed by atoms with van der Waals surface area (Å²) < 4.78 is 0. The van der Waals surface area contributed by atoms with Crippen LogP contribution in [0.15, 0.2) is 18.2 Å². The molecule has 1 heterocycles. The van der Waals surface area contributed by atoms with Crippen LogP contribution in [0, 0.1) is 10.1 Å². The van der Waals surface area contributed by atoms with Crippen LogP contribution in [-0.2, 0) is 4.79 Å². The van der Waals surface area contributed by atoms with E-state index < -0.39 is 16.9 Å². The number of aliphatic carboxylic acids is 1. The Hall–Kier alpha value is -1.31. The molecule has 1 aromatic carbocycles. The summed E-state index contributed by atoms with van der Waals surface area (Å²) in [6, 6.07) is 3.89. The van der Waals surface area contributed by atoms with E-state index >= 15 is 0 Å². The Morgan fingerprint density at radius 1 is 1.56 bits per heavy atom. The van der Waals surface area contributed by atoms with E-state index in [0.29, 0.717) is 11.3 Å². The van der Waals surface area contributed by atoms with Gasteiger partial charge in [-0.1, -0.05) is 29.4 Å². The van der Waals surface area contributed by atoms with E-state index in [9.17, 15) is 20.0 Å². The lowest BCUT2D eigenvalue weighted by Crippen LogP contribution is -2.90. The van der Waals surface area contributed by atoms with Crippen molar-refractivity contribution in [1.82, 2.24) is 0 Å². The lowest BCUT2D eigenvalue weighted by molar-refractivity contribution is -0.690. The number of hydrogen-bond donors (Lipinski definition) is 1. The zero-order valence-corrected chi connectivity index (χ0v) is 10.6. The molecule has 0 radical (unpaired) electrons. The smallest absolute Gasteiger partial charge is 0.288 e. The van der Waals surface area contributed by atoms with Gasteiger partial charge in [-0.05, 0) is 6.07 Å². The standard InChI is InChI=1S/C10H9ClN2O4S/c11-6-2-1-5(3-8(6)13(16)17)9-12-7(4-18-9)10(14)15/h1-3,7,9,12H,4H2,(H,14,15)/t7-,9+/m0/s1. The molecule has 0 aliphatic carbocycles. The van der Waals surface area contributed by atoms with Crippen LogP contribution in [0.4, 0.5) is 5.69 Å². The fourth-order valence-corrected chi connectivity index (χ4v) is 3.22. The summed E-state index contributed by atoms with van der Waals surface area (Å²) >= 11 is 7.13. The highest BCUT2D eigenvalue weighted by atomic mass is 35.5. The average Bonchev–Trinajstić information content (AvgIpc) is 2.78. The maximum Gasteiger partial charge on any atom is 0.288 e. The topological polar surface area (TPSA) is 99.9 Å². The van der Waals surface area contributed by atoms with E-state index in [0.717, 1.165) is 0 Å². The van der Waals surface area contributed by atoms with Crippen LogP contribution in [0.1, 0.15) is 10.9 Å². The maximum absolute atomic E-state index is 10.8. The molecule has 1 fully saturated rings. The molecule has 1 aliphatic rings. The van der Waals surface area contributed by atoms with Crippen LogP contribution < -0.4 is 10.4 Å². The van der Waals surface area contributed by atoms with Crippen molar-refractivity contribution in [2.45, 2.75) is 11.4 Å². The Labute approximate surface area is 111 Å². The van der Waals surface area contributed by atoms with Gasteiger partial charge in [-0.25, -0.2) is 0 Å². The fourth-order valence-electron chi connectivity index (χ4n) is 1.73. The summed E-state index contributed by atoms with van der Waals surface area (Å²) in [5.41, 5.74) is 0.514. The van der Waals surface area contributed by atoms with Gasteiger partial charge in [0, 0.05) is 11.6 Å². The molecule has 0 spiro atoms. The number of benzene rings is 1. The van der Waals surface area contributed by atoms with Crippen molar-refractivity contribution < 1.29 is 20.1 Å². The highest BCUT2D eigenvalue weighted by molar-refractivity contribution is 7.99. The van der Waals surface area contributed by atoms with Gasteiger partial charge < -0.3 is 15.2 Å². The van der Waals surface area contributed by atoms with Crippen molar-refractivity contribution in [3.63, 3.8) is 0 Å². The summed E-state index contributed by atoms with van der Waals surface area (Å²) in [7, 11) is 0. The number of carbonyl (C=O) groups is 1. The Bertz CT molecular complexity index is 511. The molecule has 6 nitrogen and oxygen atoms in total. The molecule has 0 unspecified atom stereocenters. The zero-order chi connectivity index (χ0) is 13.3. The third-order valence-corrected chi connectivity index (χ3v) is 4.32. The van der Waals surface area contributed by atoms with Gasteiger partial charge >= 0.3 is 0 Å². The second-order valence-corrected chi connectivity index (χ2v) is 5.42. The number of nitrogens with zero attached hydrogens (tertiary/aromatic N) is 1. The number of carbonyl (C=O) groups excluding carboxylic acids is 1. The van der Waals surface area contributed by atoms with Crippen LogP contribution in [0.5, 0.6) is 0 Å². The Morgan fingerprint density at radius 2 is 2.28 bits per heavy atom. The highest BCUT2D eigenvalue weighted by Crippen LogP contribution is 2.32. The van der Waals surface area contributed by atoms with Crippen molar-refractivity contribution in [2.24, 2.45) is 0 Å². The van der Waals surface area contributed by atoms with Crippen molar-refractivity contribution in [3.8, 4) is 0 Å². The van der Waals surface area contributed by atoms with Gasteiger partial charge in [-0.15, -0.1) is 0 Å². The molecule has 2 atom stereocenters. The monoisotopic (exact) mass is 288 g/mol. The van der Waals surface area contributed by atoms with Gasteiger partial charge in [0.25, 0.3) is 5.69 Å². The highest BCUT2D eigenvalue weighted by Gasteiger charge is 2.32. The SMILES string of the molecule is O=C([O-])[C@@H]1CS[C@H](c2ccc(Cl)c([N+](=O)[O-])c2)[NH2+]1. The molecule has 0 bridgehead atoms. The van der Waals surface area contributed by atoms with Gasteiger partial charge in [0.05, 0.1) is 10.7 Å². The lowest BCUT2D eigenvalue weighted by Gasteiger charge is -2.11. The molecule has 2 rings (SSSR count). The second-order valence-electron chi connectivity index (χ2n) is 3.84. The molecule has 96 valence electrons. The Kier molecular flexibility index (Phi) is 3.74. The normalized spacial score (nSPS) is 22.9. The molecule has 1 saturated heterocycles. The molecule has 1 aromatic rings. The number of rotatable bonds is 3. The number of carboxylic acids is 1. The van der Waals surface area contributed by atoms with E-state index in [1.165, 1.54) is 23.9 Å². The third-order valence-electron chi connectivity index (χ3n) is 2.66. The first-order valence-corrected chi connectivity index (χ1v) is 6.53. The largest absolute Gasteiger partial charge is 0.544 e. The first-order valence-electron chi connectivity index (χ1n) is 5.10. The number of thioether (sulfide) groups is 1. The van der Waals surface area contributed by atoms with E-state index in [1.54, 1.807) is 11.4 Å². The van der Waals surface area contributed by atoms with Gasteiger partial charge in [0.1, 0.15) is 17.0 Å². The molecular formula is C10H9ClN2O4S. The van der Waals surface area contributed by atoms with Crippen molar-refractivity contribution in [2.75, 3.05) is 5.75 Å². The molecule has 0 saturated carbocycles. The van der Waals surface area contributed by atoms with Crippen LogP contribution in [-0.4, -0.2) is 22.7 Å². The Morgan fingerprint density at radius 3 is 2.83 bits per heavy atom. The van der Waals surface area contributed by atoms with E-state index in [1.807, 2.05) is 0 Å². The number of nitro groups is 1. The first-order chi connectivity index (χ1) is 8.49. The van der Waals surface area contributed by atoms with Crippen molar-refractivity contribution in [1.29, 1.82) is 0 Å². The molecular weight excluding hydrogens is 280 g/mol. The van der Waals surface area contributed by atoms with Crippen LogP contribution in [0.2, 0.25) is 5.02 Å². The maximum atomic E-state index is 10.8. The Balaban J connectivity index is 2.22. The van der Waals surface area contributed by atoms with Crippen LogP contribution in [0.3, 0.4) is 0 Å². The summed E-state index contributed by atoms with van der Waals surface area (Å²) in [4.78, 5) is 20.9. The number of nitro benzene ring substituents is 1. The molecule has 1 aliphatic heterocycles. The number of nitrogens with two attached hydrogens (primary N) is 1. The summed E-state index contributed by atoms with van der Waals surface area (Å²) in [5, 5.41) is 23.0. The van der Waals surface area contributed by atoms with Crippen LogP contribution in [0.25, 0.3) is 0 Å². The summed E-state index contributed by atoms with van der Waals surface area (Å²) in [6.45, 7) is 0. The lowest BCUT2D eigenvalue weighted by atomic mass is 10.2. The fraction of sp³-hybridized carbons (Fsp3) is 0.300. The van der Waals surface area contributed by atoms with E-state index in [2.05, 4.69) is 0 Å². The minimum atomic E-state index is -1.12. The van der Waals surface area contributed by atoms with Gasteiger partial charge in [-0.2, -0.15) is 0 Å². The molecule has 18 heavy (non-hydrogen) atoms. The van der Waals surface area contributed by atoms with Gasteiger partial charge in [0.2, 0.25) is 0 Å². The quantitative estimate of drug-likeness (QED) is 0.607. The average molecular weight is 289 g/mol. The van der Waals surface area contributed by atoms with E-state index in [-0.39, 0.29) is 16.1 Å². The van der Waals surface area contributed by atoms with E-state index in [4.69, 9.17) is 11.6 Å². The number of quaternary nitrogens is 1. The minimum absolute atomic E-state index is 0.0724. The molecule has 8 heteroatoms.